The maximum atomic E-state index is 13.9. The van der Waals surface area contributed by atoms with Gasteiger partial charge in [0.1, 0.15) is 6.10 Å². The standard InChI is InChI=1S/C37H57ClO8/c1-20(2)26(38)12-11-23(32(42)44-19-45-33(43)34(5,6)7)30-25-17-28(41)31-35(8)15-14-27(40)21(3)24(35)13-16-36(31,9)37(25,10)18-29(30)46-22(4)39/h21,24-25,27-29,31,40-41H,11-19H2,1-10H3/b30-23-/t21-,24-,25-,27+,28+,29-,31?,35-,36-,37-/m0/s1. The van der Waals surface area contributed by atoms with Crippen LogP contribution in [0.2, 0.25) is 0 Å². The Hall–Kier alpha value is -1.90. The summed E-state index contributed by atoms with van der Waals surface area (Å²) in [4.78, 5) is 38.9. The summed E-state index contributed by atoms with van der Waals surface area (Å²) < 4.78 is 16.9. The highest BCUT2D eigenvalue weighted by molar-refractivity contribution is 6.29. The summed E-state index contributed by atoms with van der Waals surface area (Å²) in [7, 11) is 0. The largest absolute Gasteiger partial charge is 0.458 e. The van der Waals surface area contributed by atoms with E-state index >= 15 is 0 Å². The van der Waals surface area contributed by atoms with Crippen molar-refractivity contribution in [2.24, 2.45) is 45.3 Å². The number of hydrogen-bond donors (Lipinski definition) is 2. The average molecular weight is 665 g/mol. The Kier molecular flexibility index (Phi) is 10.6. The smallest absolute Gasteiger partial charge is 0.336 e. The van der Waals surface area contributed by atoms with Gasteiger partial charge in [-0.1, -0.05) is 44.9 Å². The second-order valence-corrected chi connectivity index (χ2v) is 17.1. The highest BCUT2D eigenvalue weighted by atomic mass is 35.5. The van der Waals surface area contributed by atoms with E-state index < -0.39 is 47.7 Å². The Labute approximate surface area is 280 Å². The van der Waals surface area contributed by atoms with Crippen LogP contribution >= 0.6 is 11.6 Å². The van der Waals surface area contributed by atoms with Gasteiger partial charge in [-0.15, -0.1) is 0 Å². The van der Waals surface area contributed by atoms with E-state index in [1.807, 2.05) is 13.8 Å². The second kappa shape index (κ2) is 13.2. The van der Waals surface area contributed by atoms with Gasteiger partial charge < -0.3 is 24.4 Å². The third-order valence-electron chi connectivity index (χ3n) is 12.7. The van der Waals surface area contributed by atoms with Crippen molar-refractivity contribution < 1.29 is 38.8 Å². The lowest BCUT2D eigenvalue weighted by molar-refractivity contribution is -0.234. The number of carbonyl (C=O) groups excluding carboxylic acids is 3. The first-order valence-electron chi connectivity index (χ1n) is 17.1. The predicted molar refractivity (Wildman–Crippen MR) is 176 cm³/mol. The van der Waals surface area contributed by atoms with Crippen molar-refractivity contribution in [2.45, 2.75) is 139 Å². The summed E-state index contributed by atoms with van der Waals surface area (Å²) in [5.74, 6) is -1.36. The Morgan fingerprint density at radius 1 is 0.935 bits per heavy atom. The molecule has 0 aromatic carbocycles. The Bertz CT molecular complexity index is 1280. The number of aliphatic hydroxyl groups excluding tert-OH is 2. The van der Waals surface area contributed by atoms with Gasteiger partial charge in [-0.05, 0) is 131 Å². The normalized spacial score (nSPS) is 39.7. The number of fused-ring (bicyclic) bond motifs is 5. The van der Waals surface area contributed by atoms with Gasteiger partial charge in [-0.3, -0.25) is 9.59 Å². The zero-order valence-electron chi connectivity index (χ0n) is 29.6. The highest BCUT2D eigenvalue weighted by Crippen LogP contribution is 2.74. The molecule has 0 aliphatic heterocycles. The fraction of sp³-hybridized carbons (Fsp3) is 0.811. The van der Waals surface area contributed by atoms with Gasteiger partial charge in [0.15, 0.2) is 0 Å². The molecule has 0 radical (unpaired) electrons. The monoisotopic (exact) mass is 664 g/mol. The number of hydrogen-bond acceptors (Lipinski definition) is 8. The number of ether oxygens (including phenoxy) is 3. The van der Waals surface area contributed by atoms with Crippen molar-refractivity contribution in [1.82, 2.24) is 0 Å². The molecular formula is C37H57ClO8. The molecule has 0 saturated heterocycles. The van der Waals surface area contributed by atoms with Gasteiger partial charge >= 0.3 is 17.9 Å². The quantitative estimate of drug-likeness (QED) is 0.166. The van der Waals surface area contributed by atoms with Crippen molar-refractivity contribution in [2.75, 3.05) is 6.79 Å². The maximum absolute atomic E-state index is 13.9. The van der Waals surface area contributed by atoms with Crippen LogP contribution in [0, 0.1) is 45.3 Å². The minimum atomic E-state index is -0.757. The van der Waals surface area contributed by atoms with E-state index in [4.69, 9.17) is 25.8 Å². The molecule has 0 amide bonds. The van der Waals surface area contributed by atoms with E-state index in [0.29, 0.717) is 41.4 Å². The van der Waals surface area contributed by atoms with Gasteiger partial charge in [-0.25, -0.2) is 4.79 Å². The molecule has 4 saturated carbocycles. The molecule has 4 fully saturated rings. The average Bonchev–Trinajstić information content (AvgIpc) is 3.21. The summed E-state index contributed by atoms with van der Waals surface area (Å²) >= 11 is 6.58. The van der Waals surface area contributed by atoms with Crippen LogP contribution in [0.25, 0.3) is 0 Å². The predicted octanol–water partition coefficient (Wildman–Crippen LogP) is 7.24. The molecular weight excluding hydrogens is 608 g/mol. The van der Waals surface area contributed by atoms with E-state index in [0.717, 1.165) is 31.3 Å². The molecule has 2 N–H and O–H groups in total. The second-order valence-electron chi connectivity index (χ2n) is 16.7. The van der Waals surface area contributed by atoms with Crippen LogP contribution in [0.3, 0.4) is 0 Å². The van der Waals surface area contributed by atoms with E-state index in [2.05, 4.69) is 27.7 Å². The molecule has 4 aliphatic carbocycles. The molecule has 4 aliphatic rings. The van der Waals surface area contributed by atoms with E-state index in [1.54, 1.807) is 20.8 Å². The lowest BCUT2D eigenvalue weighted by atomic mass is 9.36. The molecule has 10 atom stereocenters. The molecule has 260 valence electrons. The number of rotatable bonds is 7. The molecule has 0 bridgehead atoms. The summed E-state index contributed by atoms with van der Waals surface area (Å²) in [6.45, 7) is 18.8. The van der Waals surface area contributed by atoms with Crippen molar-refractivity contribution >= 4 is 29.5 Å². The fourth-order valence-corrected chi connectivity index (χ4v) is 10.3. The number of halogens is 1. The van der Waals surface area contributed by atoms with Gasteiger partial charge in [-0.2, -0.15) is 0 Å². The molecule has 0 aromatic rings. The zero-order valence-corrected chi connectivity index (χ0v) is 30.4. The number of esters is 3. The molecule has 0 aromatic heterocycles. The molecule has 9 heteroatoms. The zero-order chi connectivity index (χ0) is 34.6. The first-order valence-corrected chi connectivity index (χ1v) is 17.5. The number of allylic oxidation sites excluding steroid dienone is 2. The highest BCUT2D eigenvalue weighted by Gasteiger charge is 2.70. The Morgan fingerprint density at radius 3 is 2.17 bits per heavy atom. The summed E-state index contributed by atoms with van der Waals surface area (Å²) in [6, 6.07) is 0. The molecule has 46 heavy (non-hydrogen) atoms. The summed E-state index contributed by atoms with van der Waals surface area (Å²) in [6.07, 6.45) is 3.33. The molecule has 0 heterocycles. The lowest BCUT2D eigenvalue weighted by Gasteiger charge is -2.69. The Morgan fingerprint density at radius 2 is 1.59 bits per heavy atom. The minimum Gasteiger partial charge on any atom is -0.458 e. The summed E-state index contributed by atoms with van der Waals surface area (Å²) in [5.41, 5.74) is 0.370. The van der Waals surface area contributed by atoms with E-state index in [9.17, 15) is 24.6 Å². The third kappa shape index (κ3) is 6.44. The first-order chi connectivity index (χ1) is 21.2. The molecule has 0 spiro atoms. The van der Waals surface area contributed by atoms with Crippen LogP contribution in [0.4, 0.5) is 0 Å². The van der Waals surface area contributed by atoms with E-state index in [-0.39, 0.29) is 41.1 Å². The first kappa shape index (κ1) is 36.9. The molecule has 1 unspecified atom stereocenters. The van der Waals surface area contributed by atoms with Gasteiger partial charge in [0.2, 0.25) is 6.79 Å². The maximum Gasteiger partial charge on any atom is 0.336 e. The van der Waals surface area contributed by atoms with Crippen molar-refractivity contribution in [3.63, 3.8) is 0 Å². The summed E-state index contributed by atoms with van der Waals surface area (Å²) in [5, 5.41) is 23.6. The molecule has 8 nitrogen and oxygen atoms in total. The van der Waals surface area contributed by atoms with Crippen LogP contribution in [-0.2, 0) is 28.6 Å². The van der Waals surface area contributed by atoms with Crippen molar-refractivity contribution in [3.05, 3.63) is 21.8 Å². The number of aliphatic hydroxyl groups is 2. The molecule has 4 rings (SSSR count). The van der Waals surface area contributed by atoms with Gasteiger partial charge in [0, 0.05) is 17.5 Å². The van der Waals surface area contributed by atoms with E-state index in [1.165, 1.54) is 6.92 Å². The lowest BCUT2D eigenvalue weighted by Crippen LogP contribution is -2.65. The number of carbonyl (C=O) groups is 3. The minimum absolute atomic E-state index is 0.0143. The Balaban J connectivity index is 1.80. The third-order valence-corrected chi connectivity index (χ3v) is 13.3. The van der Waals surface area contributed by atoms with Crippen molar-refractivity contribution in [3.8, 4) is 0 Å². The van der Waals surface area contributed by atoms with Crippen LogP contribution in [0.15, 0.2) is 21.8 Å². The van der Waals surface area contributed by atoms with Crippen LogP contribution in [0.1, 0.15) is 121 Å². The SMILES string of the molecule is CC(=O)O[C@H]1C[C@@]2(C)[C@@H](C[C@@H](O)C3[C@]2(C)CC[C@H]2[C@H](C)[C@H](O)CC[C@]32C)/C1=C(\CCC(Cl)=C(C)C)C(=O)OCOC(=O)C(C)(C)C. The van der Waals surface area contributed by atoms with Crippen LogP contribution in [-0.4, -0.2) is 53.2 Å². The van der Waals surface area contributed by atoms with Gasteiger partial charge in [0.25, 0.3) is 0 Å². The van der Waals surface area contributed by atoms with Crippen molar-refractivity contribution in [1.29, 1.82) is 0 Å². The van der Waals surface area contributed by atoms with Crippen LogP contribution < -0.4 is 0 Å². The van der Waals surface area contributed by atoms with Crippen LogP contribution in [0.5, 0.6) is 0 Å². The topological polar surface area (TPSA) is 119 Å². The fourth-order valence-electron chi connectivity index (χ4n) is 10.2. The van der Waals surface area contributed by atoms with Gasteiger partial charge in [0.05, 0.1) is 17.6 Å².